The quantitative estimate of drug-likeness (QED) is 0.545. The Bertz CT molecular complexity index is 67.1. The van der Waals surface area contributed by atoms with E-state index in [-0.39, 0.29) is 0 Å². The zero-order chi connectivity index (χ0) is 7.49. The van der Waals surface area contributed by atoms with Crippen LogP contribution in [0.15, 0.2) is 0 Å². The number of hydrogen-bond acceptors (Lipinski definition) is 0. The zero-order valence-corrected chi connectivity index (χ0v) is 6.99. The van der Waals surface area contributed by atoms with Crippen LogP contribution in [0.2, 0.25) is 0 Å². The summed E-state index contributed by atoms with van der Waals surface area (Å²) in [7, 11) is 0. The minimum absolute atomic E-state index is 0.330. The first-order valence-electron chi connectivity index (χ1n) is 3.67. The van der Waals surface area contributed by atoms with Crippen LogP contribution in [0.25, 0.3) is 0 Å². The van der Waals surface area contributed by atoms with Crippen LogP contribution in [0.4, 0.5) is 0 Å². The molecule has 0 aromatic rings. The minimum atomic E-state index is 0.330. The Kier molecular flexibility index (Phi) is 3.20. The predicted molar refractivity (Wildman–Crippen MR) is 41.2 cm³/mol. The van der Waals surface area contributed by atoms with E-state index in [1.54, 1.807) is 0 Å². The van der Waals surface area contributed by atoms with Crippen molar-refractivity contribution in [3.8, 4) is 0 Å². The molecule has 1 N–H and O–H groups in total. The molecule has 0 aromatic heterocycles. The van der Waals surface area contributed by atoms with Gasteiger partial charge in [0.2, 0.25) is 0 Å². The van der Waals surface area contributed by atoms with Crippen molar-refractivity contribution in [1.82, 2.24) is 5.73 Å². The number of rotatable bonds is 2. The van der Waals surface area contributed by atoms with Crippen LogP contribution < -0.4 is 5.73 Å². The highest BCUT2D eigenvalue weighted by Gasteiger charge is 2.20. The fraction of sp³-hybridized carbons (Fsp3) is 1.00. The van der Waals surface area contributed by atoms with Crippen LogP contribution in [0, 0.1) is 11.3 Å². The first-order chi connectivity index (χ1) is 4.02. The molecule has 0 heterocycles. The van der Waals surface area contributed by atoms with Gasteiger partial charge in [0, 0.05) is 6.54 Å². The van der Waals surface area contributed by atoms with Gasteiger partial charge >= 0.3 is 0 Å². The second-order valence-corrected chi connectivity index (χ2v) is 3.68. The van der Waals surface area contributed by atoms with Gasteiger partial charge in [-0.1, -0.05) is 34.1 Å². The van der Waals surface area contributed by atoms with Gasteiger partial charge in [-0.2, -0.15) is 0 Å². The Hall–Kier alpha value is -0.0400. The molecule has 1 unspecified atom stereocenters. The molecule has 1 atom stereocenters. The highest BCUT2D eigenvalue weighted by Crippen LogP contribution is 2.27. The molecule has 0 aromatic carbocycles. The standard InChI is InChI=1S/C8H18N/c1-5-7(6-9)8(2,3)4/h7,9H,5-6H2,1-4H3. The average molecular weight is 128 g/mol. The molecule has 0 bridgehead atoms. The Morgan fingerprint density at radius 1 is 1.33 bits per heavy atom. The monoisotopic (exact) mass is 128 g/mol. The molecule has 1 heteroatoms. The maximum absolute atomic E-state index is 7.22. The van der Waals surface area contributed by atoms with E-state index in [1.165, 1.54) is 0 Å². The lowest BCUT2D eigenvalue weighted by atomic mass is 9.79. The fourth-order valence-corrected chi connectivity index (χ4v) is 1.06. The smallest absolute Gasteiger partial charge is 0.0133 e. The Morgan fingerprint density at radius 3 is 1.78 bits per heavy atom. The van der Waals surface area contributed by atoms with Gasteiger partial charge in [-0.25, -0.2) is 0 Å². The first-order valence-corrected chi connectivity index (χ1v) is 3.67. The van der Waals surface area contributed by atoms with Gasteiger partial charge < -0.3 is 0 Å². The summed E-state index contributed by atoms with van der Waals surface area (Å²) in [5, 5.41) is 0. The van der Waals surface area contributed by atoms with Gasteiger partial charge in [0.15, 0.2) is 0 Å². The van der Waals surface area contributed by atoms with E-state index in [0.717, 1.165) is 6.42 Å². The lowest BCUT2D eigenvalue weighted by molar-refractivity contribution is 0.238. The molecule has 0 amide bonds. The summed E-state index contributed by atoms with van der Waals surface area (Å²) in [6.45, 7) is 9.34. The van der Waals surface area contributed by atoms with Gasteiger partial charge in [-0.15, -0.1) is 0 Å². The van der Waals surface area contributed by atoms with Crippen molar-refractivity contribution in [1.29, 1.82) is 0 Å². The van der Waals surface area contributed by atoms with Crippen molar-refractivity contribution in [2.45, 2.75) is 34.1 Å². The Labute approximate surface area is 58.6 Å². The third kappa shape index (κ3) is 2.85. The summed E-state index contributed by atoms with van der Waals surface area (Å²) in [5.41, 5.74) is 7.55. The molecule has 0 fully saturated rings. The van der Waals surface area contributed by atoms with Crippen LogP contribution in [0.3, 0.4) is 0 Å². The highest BCUT2D eigenvalue weighted by molar-refractivity contribution is 4.72. The fourth-order valence-electron chi connectivity index (χ4n) is 1.06. The molecular formula is C8H18N. The van der Waals surface area contributed by atoms with Crippen LogP contribution in [-0.2, 0) is 0 Å². The topological polar surface area (TPSA) is 23.8 Å². The molecule has 0 aliphatic carbocycles. The van der Waals surface area contributed by atoms with E-state index in [9.17, 15) is 0 Å². The average Bonchev–Trinajstić information content (AvgIpc) is 1.65. The lowest BCUT2D eigenvalue weighted by Crippen LogP contribution is -2.23. The van der Waals surface area contributed by atoms with Gasteiger partial charge in [0.25, 0.3) is 0 Å². The molecule has 0 aliphatic heterocycles. The Balaban J connectivity index is 3.79. The van der Waals surface area contributed by atoms with Crippen LogP contribution in [-0.4, -0.2) is 6.54 Å². The van der Waals surface area contributed by atoms with E-state index in [4.69, 9.17) is 5.73 Å². The van der Waals surface area contributed by atoms with Gasteiger partial charge in [0.1, 0.15) is 0 Å². The third-order valence-electron chi connectivity index (χ3n) is 1.96. The van der Waals surface area contributed by atoms with Gasteiger partial charge in [-0.3, -0.25) is 5.73 Å². The summed E-state index contributed by atoms with van der Waals surface area (Å²) >= 11 is 0. The summed E-state index contributed by atoms with van der Waals surface area (Å²) in [4.78, 5) is 0. The SMILES string of the molecule is CCC(C[NH])C(C)(C)C. The van der Waals surface area contributed by atoms with E-state index in [1.807, 2.05) is 0 Å². The molecule has 1 radical (unpaired) electrons. The Morgan fingerprint density at radius 2 is 1.78 bits per heavy atom. The molecule has 0 aliphatic rings. The van der Waals surface area contributed by atoms with Crippen molar-refractivity contribution in [3.63, 3.8) is 0 Å². The largest absolute Gasteiger partial charge is 0.258 e. The van der Waals surface area contributed by atoms with Crippen LogP contribution in [0.5, 0.6) is 0 Å². The number of hydrogen-bond donors (Lipinski definition) is 0. The molecule has 0 rings (SSSR count). The lowest BCUT2D eigenvalue weighted by Gasteiger charge is -2.27. The van der Waals surface area contributed by atoms with Crippen molar-refractivity contribution < 1.29 is 0 Å². The highest BCUT2D eigenvalue weighted by atomic mass is 14.6. The molecule has 9 heavy (non-hydrogen) atoms. The summed E-state index contributed by atoms with van der Waals surface area (Å²) in [6, 6.07) is 0. The van der Waals surface area contributed by atoms with Crippen molar-refractivity contribution in [2.75, 3.05) is 6.54 Å². The summed E-state index contributed by atoms with van der Waals surface area (Å²) in [6.07, 6.45) is 1.13. The molecule has 0 spiro atoms. The van der Waals surface area contributed by atoms with E-state index < -0.39 is 0 Å². The maximum atomic E-state index is 7.22. The molecule has 0 saturated carbocycles. The molecule has 55 valence electrons. The summed E-state index contributed by atoms with van der Waals surface area (Å²) in [5.74, 6) is 0.567. The maximum Gasteiger partial charge on any atom is 0.0133 e. The van der Waals surface area contributed by atoms with Crippen LogP contribution >= 0.6 is 0 Å². The van der Waals surface area contributed by atoms with Crippen molar-refractivity contribution in [2.24, 2.45) is 11.3 Å². The van der Waals surface area contributed by atoms with E-state index in [2.05, 4.69) is 27.7 Å². The van der Waals surface area contributed by atoms with E-state index in [0.29, 0.717) is 17.9 Å². The van der Waals surface area contributed by atoms with Crippen molar-refractivity contribution in [3.05, 3.63) is 0 Å². The van der Waals surface area contributed by atoms with Gasteiger partial charge in [-0.05, 0) is 11.3 Å². The molecule has 1 nitrogen and oxygen atoms in total. The first kappa shape index (κ1) is 8.96. The zero-order valence-electron chi connectivity index (χ0n) is 6.99. The minimum Gasteiger partial charge on any atom is -0.258 e. The second kappa shape index (κ2) is 3.21. The number of nitrogens with one attached hydrogen (secondary N) is 1. The van der Waals surface area contributed by atoms with Crippen LogP contribution in [0.1, 0.15) is 34.1 Å². The molecule has 0 saturated heterocycles. The third-order valence-corrected chi connectivity index (χ3v) is 1.96. The van der Waals surface area contributed by atoms with Crippen molar-refractivity contribution >= 4 is 0 Å². The summed E-state index contributed by atoms with van der Waals surface area (Å²) < 4.78 is 0. The second-order valence-electron chi connectivity index (χ2n) is 3.68. The van der Waals surface area contributed by atoms with E-state index >= 15 is 0 Å². The normalized spacial score (nSPS) is 15.7. The molecular weight excluding hydrogens is 110 g/mol. The predicted octanol–water partition coefficient (Wildman–Crippen LogP) is 2.34. The van der Waals surface area contributed by atoms with Gasteiger partial charge in [0.05, 0.1) is 0 Å².